The summed E-state index contributed by atoms with van der Waals surface area (Å²) in [6, 6.07) is 23.6. The molecule has 2 aliphatic heterocycles. The van der Waals surface area contributed by atoms with Crippen LogP contribution >= 0.6 is 0 Å². The second kappa shape index (κ2) is 14.9. The molecule has 3 fully saturated rings. The monoisotopic (exact) mass is 754 g/mol. The molecule has 2 saturated carbocycles. The van der Waals surface area contributed by atoms with Crippen LogP contribution in [-0.2, 0) is 16.6 Å². The van der Waals surface area contributed by atoms with Gasteiger partial charge in [-0.15, -0.1) is 0 Å². The SMILES string of the molecule is Cc1ccc(OC(CCN(CCC[C@]2(O)CC[C@@]3(O)[C@H]4Cc5ccc(O)c6c5[C@@]3(CCN4CC3CC3)C2O6)COCC[Si](C)(C)C)c2ccccc2)cc1. The largest absolute Gasteiger partial charge is 0.504 e. The van der Waals surface area contributed by atoms with Gasteiger partial charge in [0.25, 0.3) is 0 Å². The number of ether oxygens (including phenoxy) is 3. The lowest BCUT2D eigenvalue weighted by atomic mass is 9.46. The number of piperidine rings is 1. The van der Waals surface area contributed by atoms with Crippen molar-refractivity contribution < 1.29 is 29.5 Å². The summed E-state index contributed by atoms with van der Waals surface area (Å²) in [6.07, 6.45) is 6.40. The Morgan fingerprint density at radius 3 is 2.48 bits per heavy atom. The van der Waals surface area contributed by atoms with Crippen molar-refractivity contribution in [3.05, 3.63) is 89.0 Å². The average molecular weight is 755 g/mol. The van der Waals surface area contributed by atoms with Crippen LogP contribution in [-0.4, -0.2) is 96.1 Å². The third-order valence-corrected chi connectivity index (χ3v) is 15.2. The van der Waals surface area contributed by atoms with Crippen molar-refractivity contribution in [3.8, 4) is 17.2 Å². The van der Waals surface area contributed by atoms with E-state index in [2.05, 4.69) is 72.8 Å². The summed E-state index contributed by atoms with van der Waals surface area (Å²) in [7, 11) is -1.24. The number of aromatic hydroxyl groups is 1. The molecule has 8 nitrogen and oxygen atoms in total. The quantitative estimate of drug-likeness (QED) is 0.0738. The number of likely N-dealkylation sites (tertiary alicyclic amines) is 1. The average Bonchev–Trinajstić information content (AvgIpc) is 3.89. The molecular formula is C45H62N2O6Si. The molecule has 8 rings (SSSR count). The van der Waals surface area contributed by atoms with Crippen molar-refractivity contribution in [2.75, 3.05) is 39.5 Å². The third-order valence-electron chi connectivity index (χ3n) is 13.5. The van der Waals surface area contributed by atoms with Gasteiger partial charge in [0.15, 0.2) is 11.5 Å². The molecule has 2 unspecified atom stereocenters. The van der Waals surface area contributed by atoms with Crippen LogP contribution < -0.4 is 9.47 Å². The number of nitrogens with zero attached hydrogens (tertiary/aromatic N) is 2. The van der Waals surface area contributed by atoms with E-state index >= 15 is 0 Å². The maximum absolute atomic E-state index is 12.9. The zero-order valence-electron chi connectivity index (χ0n) is 32.9. The lowest BCUT2D eigenvalue weighted by molar-refractivity contribution is -0.237. The van der Waals surface area contributed by atoms with Crippen LogP contribution in [0.4, 0.5) is 0 Å². The maximum Gasteiger partial charge on any atom is 0.165 e. The summed E-state index contributed by atoms with van der Waals surface area (Å²) in [6.45, 7) is 14.0. The minimum atomic E-state index is -1.24. The Labute approximate surface area is 323 Å². The number of phenolic OH excluding ortho intramolecular Hbond substituents is 1. The highest BCUT2D eigenvalue weighted by atomic mass is 28.3. The van der Waals surface area contributed by atoms with Crippen molar-refractivity contribution in [2.45, 2.75) is 125 Å². The molecule has 5 aliphatic rings. The van der Waals surface area contributed by atoms with Gasteiger partial charge >= 0.3 is 0 Å². The first-order valence-corrected chi connectivity index (χ1v) is 24.4. The number of aliphatic hydroxyl groups is 2. The van der Waals surface area contributed by atoms with Gasteiger partial charge in [0.1, 0.15) is 23.6 Å². The molecule has 0 amide bonds. The molecule has 0 aromatic heterocycles. The van der Waals surface area contributed by atoms with Gasteiger partial charge in [-0.05, 0) is 106 Å². The molecule has 3 aliphatic carbocycles. The summed E-state index contributed by atoms with van der Waals surface area (Å²) >= 11 is 0. The summed E-state index contributed by atoms with van der Waals surface area (Å²) in [5, 5.41) is 36.8. The van der Waals surface area contributed by atoms with Crippen molar-refractivity contribution >= 4 is 8.07 Å². The Morgan fingerprint density at radius 2 is 1.74 bits per heavy atom. The van der Waals surface area contributed by atoms with E-state index in [1.165, 1.54) is 18.4 Å². The molecule has 3 aromatic carbocycles. The predicted molar refractivity (Wildman–Crippen MR) is 215 cm³/mol. The third kappa shape index (κ3) is 7.25. The standard InChI is InChI=1S/C45H62N2O6Si/c1-32-11-16-36(17-12-32)52-38(34-9-6-5-7-10-34)19-25-46(31-51-27-28-54(2,3)4)24-8-20-43(49)21-22-45(50)39-29-35-15-18-37(48)41-40(35)44(45,42(43)53-41)23-26-47(39)30-33-13-14-33/h5-7,9-12,15-18,33,38-39,42,48-50H,8,13-14,19-31H2,1-4H3/t38?,39-,42?,43+,44+,45-/m1/s1. The fourth-order valence-corrected chi connectivity index (χ4v) is 11.1. The normalized spacial score (nSPS) is 29.2. The van der Waals surface area contributed by atoms with Crippen LogP contribution in [0, 0.1) is 12.8 Å². The van der Waals surface area contributed by atoms with Gasteiger partial charge in [-0.3, -0.25) is 9.80 Å². The fourth-order valence-electron chi connectivity index (χ4n) is 10.3. The Morgan fingerprint density at radius 1 is 0.963 bits per heavy atom. The van der Waals surface area contributed by atoms with Crippen molar-refractivity contribution in [2.24, 2.45) is 5.92 Å². The van der Waals surface area contributed by atoms with Gasteiger partial charge in [-0.25, -0.2) is 0 Å². The van der Waals surface area contributed by atoms with Crippen LogP contribution in [0.2, 0.25) is 25.7 Å². The molecule has 2 heterocycles. The molecular weight excluding hydrogens is 693 g/mol. The number of hydrogen-bond donors (Lipinski definition) is 3. The first-order valence-electron chi connectivity index (χ1n) is 20.7. The van der Waals surface area contributed by atoms with Gasteiger partial charge < -0.3 is 29.5 Å². The zero-order valence-corrected chi connectivity index (χ0v) is 33.9. The summed E-state index contributed by atoms with van der Waals surface area (Å²) in [4.78, 5) is 4.92. The summed E-state index contributed by atoms with van der Waals surface area (Å²) in [5.74, 6) is 2.20. The van der Waals surface area contributed by atoms with E-state index in [1.807, 2.05) is 24.3 Å². The lowest BCUT2D eigenvalue weighted by Gasteiger charge is -2.65. The molecule has 0 radical (unpaired) electrons. The lowest BCUT2D eigenvalue weighted by Crippen LogP contribution is -2.79. The van der Waals surface area contributed by atoms with Gasteiger partial charge in [-0.1, -0.05) is 73.7 Å². The van der Waals surface area contributed by atoms with Crippen molar-refractivity contribution in [3.63, 3.8) is 0 Å². The number of benzene rings is 3. The minimum Gasteiger partial charge on any atom is -0.504 e. The highest BCUT2D eigenvalue weighted by Crippen LogP contribution is 2.67. The fraction of sp³-hybridized carbons (Fsp3) is 0.600. The highest BCUT2D eigenvalue weighted by Gasteiger charge is 2.75. The number of rotatable bonds is 17. The Hall–Kier alpha value is -2.92. The van der Waals surface area contributed by atoms with E-state index in [0.29, 0.717) is 31.7 Å². The molecule has 3 N–H and O–H groups in total. The first kappa shape index (κ1) is 38.0. The van der Waals surface area contributed by atoms with E-state index in [9.17, 15) is 15.3 Å². The Kier molecular flexibility index (Phi) is 10.5. The molecule has 2 bridgehead atoms. The topological polar surface area (TPSA) is 94.9 Å². The van der Waals surface area contributed by atoms with E-state index in [-0.39, 0.29) is 17.9 Å². The minimum absolute atomic E-state index is 0.00557. The van der Waals surface area contributed by atoms with Gasteiger partial charge in [0.05, 0.1) is 17.7 Å². The van der Waals surface area contributed by atoms with Gasteiger partial charge in [-0.2, -0.15) is 0 Å². The molecule has 292 valence electrons. The smallest absolute Gasteiger partial charge is 0.165 e. The van der Waals surface area contributed by atoms with Crippen molar-refractivity contribution in [1.82, 2.24) is 9.80 Å². The van der Waals surface area contributed by atoms with Crippen molar-refractivity contribution in [1.29, 1.82) is 0 Å². The number of phenols is 1. The molecule has 3 aromatic rings. The Bertz CT molecular complexity index is 1760. The van der Waals surface area contributed by atoms with E-state index < -0.39 is 30.8 Å². The maximum atomic E-state index is 12.9. The van der Waals surface area contributed by atoms with Gasteiger partial charge in [0, 0.05) is 52.3 Å². The van der Waals surface area contributed by atoms with E-state index in [4.69, 9.17) is 14.2 Å². The van der Waals surface area contributed by atoms with E-state index in [1.54, 1.807) is 6.07 Å². The number of hydrogen-bond acceptors (Lipinski definition) is 8. The zero-order chi connectivity index (χ0) is 37.7. The molecule has 1 saturated heterocycles. The highest BCUT2D eigenvalue weighted by molar-refractivity contribution is 6.76. The van der Waals surface area contributed by atoms with Gasteiger partial charge in [0.2, 0.25) is 0 Å². The first-order chi connectivity index (χ1) is 25.9. The summed E-state index contributed by atoms with van der Waals surface area (Å²) < 4.78 is 19.7. The van der Waals surface area contributed by atoms with Crippen LogP contribution in [0.1, 0.15) is 79.7 Å². The Balaban J connectivity index is 0.994. The second-order valence-electron chi connectivity index (χ2n) is 18.5. The molecule has 9 heteroatoms. The van der Waals surface area contributed by atoms with Crippen LogP contribution in [0.3, 0.4) is 0 Å². The molecule has 54 heavy (non-hydrogen) atoms. The second-order valence-corrected chi connectivity index (χ2v) is 24.2. The molecule has 6 atom stereocenters. The summed E-state index contributed by atoms with van der Waals surface area (Å²) in [5.41, 5.74) is 1.60. The van der Waals surface area contributed by atoms with E-state index in [0.717, 1.165) is 92.9 Å². The predicted octanol–water partition coefficient (Wildman–Crippen LogP) is 7.60. The molecule has 1 spiro atoms. The van der Waals surface area contributed by atoms with Crippen LogP contribution in [0.15, 0.2) is 66.7 Å². The number of aryl methyl sites for hydroxylation is 1. The van der Waals surface area contributed by atoms with Crippen LogP contribution in [0.5, 0.6) is 17.2 Å². The van der Waals surface area contributed by atoms with Crippen LogP contribution in [0.25, 0.3) is 0 Å².